The maximum absolute atomic E-state index is 13.2. The normalized spacial score (nSPS) is 23.3. The van der Waals surface area contributed by atoms with E-state index in [9.17, 15) is 13.2 Å². The number of aromatic nitrogens is 2. The molecule has 174 valence electrons. The highest BCUT2D eigenvalue weighted by Crippen LogP contribution is 2.38. The molecule has 0 radical (unpaired) electrons. The van der Waals surface area contributed by atoms with Gasteiger partial charge in [0, 0.05) is 24.6 Å². The lowest BCUT2D eigenvalue weighted by molar-refractivity contribution is -0.0440. The Morgan fingerprint density at radius 1 is 1.19 bits per heavy atom. The van der Waals surface area contributed by atoms with E-state index in [1.165, 1.54) is 16.4 Å². The molecule has 1 aromatic heterocycles. The van der Waals surface area contributed by atoms with E-state index in [2.05, 4.69) is 15.5 Å². The molecule has 3 unspecified atom stereocenters. The SMILES string of the molecule is CC1CN(S(=O)(=O)c2cccc(C(=O)NC(c3nc(C4CC4)no3)C(C)C)c2)CC(C)O1. The first-order chi connectivity index (χ1) is 15.1. The van der Waals surface area contributed by atoms with Crippen LogP contribution in [0.3, 0.4) is 0 Å². The number of morpholine rings is 1. The molecule has 0 bridgehead atoms. The fraction of sp³-hybridized carbons (Fsp3) is 0.591. The highest BCUT2D eigenvalue weighted by Gasteiger charge is 2.34. The quantitative estimate of drug-likeness (QED) is 0.673. The average Bonchev–Trinajstić information content (AvgIpc) is 3.48. The maximum Gasteiger partial charge on any atom is 0.251 e. The van der Waals surface area contributed by atoms with Crippen LogP contribution in [0, 0.1) is 5.92 Å². The summed E-state index contributed by atoms with van der Waals surface area (Å²) in [4.78, 5) is 17.6. The lowest BCUT2D eigenvalue weighted by Gasteiger charge is -2.34. The van der Waals surface area contributed by atoms with Crippen molar-refractivity contribution in [2.45, 2.75) is 69.6 Å². The standard InChI is InChI=1S/C22H30N4O5S/c1-13(2)19(22-24-20(25-31-22)16-8-9-16)23-21(27)17-6-5-7-18(10-17)32(28,29)26-11-14(3)30-15(4)12-26/h5-7,10,13-16,19H,8-9,11-12H2,1-4H3,(H,23,27). The second-order valence-corrected chi connectivity index (χ2v) is 11.0. The molecule has 2 fully saturated rings. The zero-order valence-electron chi connectivity index (χ0n) is 18.8. The molecule has 1 amide bonds. The number of amides is 1. The lowest BCUT2D eigenvalue weighted by Crippen LogP contribution is -2.48. The number of rotatable bonds is 7. The molecule has 32 heavy (non-hydrogen) atoms. The number of sulfonamides is 1. The van der Waals surface area contributed by atoms with Crippen molar-refractivity contribution in [1.29, 1.82) is 0 Å². The average molecular weight is 463 g/mol. The molecule has 1 N–H and O–H groups in total. The molecule has 9 nitrogen and oxygen atoms in total. The molecule has 0 spiro atoms. The summed E-state index contributed by atoms with van der Waals surface area (Å²) >= 11 is 0. The second-order valence-electron chi connectivity index (χ2n) is 9.07. The Labute approximate surface area is 188 Å². The van der Waals surface area contributed by atoms with Gasteiger partial charge in [-0.25, -0.2) is 8.42 Å². The number of benzene rings is 1. The summed E-state index contributed by atoms with van der Waals surface area (Å²) in [5, 5.41) is 6.97. The lowest BCUT2D eigenvalue weighted by atomic mass is 10.0. The van der Waals surface area contributed by atoms with Crippen molar-refractivity contribution in [3.05, 3.63) is 41.5 Å². The number of hydrogen-bond donors (Lipinski definition) is 1. The predicted octanol–water partition coefficient (Wildman–Crippen LogP) is 2.87. The van der Waals surface area contributed by atoms with Crippen LogP contribution in [0.1, 0.15) is 74.6 Å². The Morgan fingerprint density at radius 2 is 1.88 bits per heavy atom. The van der Waals surface area contributed by atoms with Crippen molar-refractivity contribution in [3.8, 4) is 0 Å². The number of carbonyl (C=O) groups is 1. The molecule has 1 aromatic carbocycles. The van der Waals surface area contributed by atoms with E-state index >= 15 is 0 Å². The van der Waals surface area contributed by atoms with Gasteiger partial charge in [0.1, 0.15) is 6.04 Å². The summed E-state index contributed by atoms with van der Waals surface area (Å²) in [6.45, 7) is 8.15. The predicted molar refractivity (Wildman–Crippen MR) is 117 cm³/mol. The molecule has 1 saturated heterocycles. The van der Waals surface area contributed by atoms with E-state index in [4.69, 9.17) is 9.26 Å². The van der Waals surface area contributed by atoms with Crippen molar-refractivity contribution >= 4 is 15.9 Å². The van der Waals surface area contributed by atoms with Gasteiger partial charge in [0.2, 0.25) is 15.9 Å². The first kappa shape index (κ1) is 22.9. The Morgan fingerprint density at radius 3 is 2.50 bits per heavy atom. The third-order valence-corrected chi connectivity index (χ3v) is 7.57. The van der Waals surface area contributed by atoms with Gasteiger partial charge in [-0.2, -0.15) is 9.29 Å². The van der Waals surface area contributed by atoms with Crippen LogP contribution < -0.4 is 5.32 Å². The number of carbonyl (C=O) groups excluding carboxylic acids is 1. The van der Waals surface area contributed by atoms with Gasteiger partial charge in [-0.1, -0.05) is 25.1 Å². The number of nitrogens with zero attached hydrogens (tertiary/aromatic N) is 3. The Balaban J connectivity index is 1.53. The van der Waals surface area contributed by atoms with Gasteiger partial charge in [-0.05, 0) is 50.8 Å². The smallest absolute Gasteiger partial charge is 0.251 e. The van der Waals surface area contributed by atoms with Crippen LogP contribution in [0.15, 0.2) is 33.7 Å². The van der Waals surface area contributed by atoms with Crippen molar-refractivity contribution in [2.75, 3.05) is 13.1 Å². The van der Waals surface area contributed by atoms with Crippen molar-refractivity contribution in [1.82, 2.24) is 19.8 Å². The first-order valence-electron chi connectivity index (χ1n) is 11.0. The molecule has 1 saturated carbocycles. The van der Waals surface area contributed by atoms with Gasteiger partial charge in [0.15, 0.2) is 5.82 Å². The summed E-state index contributed by atoms with van der Waals surface area (Å²) in [5.74, 6) is 1.02. The van der Waals surface area contributed by atoms with E-state index in [-0.39, 0.29) is 41.7 Å². The molecule has 2 heterocycles. The monoisotopic (exact) mass is 462 g/mol. The van der Waals surface area contributed by atoms with Crippen LogP contribution in [0.2, 0.25) is 0 Å². The fourth-order valence-corrected chi connectivity index (χ4v) is 5.53. The van der Waals surface area contributed by atoms with Crippen molar-refractivity contribution in [3.63, 3.8) is 0 Å². The van der Waals surface area contributed by atoms with Crippen LogP contribution in [0.5, 0.6) is 0 Å². The van der Waals surface area contributed by atoms with E-state index < -0.39 is 22.0 Å². The number of nitrogens with one attached hydrogen (secondary N) is 1. The molecule has 4 rings (SSSR count). The van der Waals surface area contributed by atoms with Gasteiger partial charge in [0.05, 0.1) is 17.1 Å². The van der Waals surface area contributed by atoms with E-state index in [1.807, 2.05) is 27.7 Å². The Hall–Kier alpha value is -2.30. The van der Waals surface area contributed by atoms with Gasteiger partial charge in [0.25, 0.3) is 5.91 Å². The largest absolute Gasteiger partial charge is 0.373 e. The molecular weight excluding hydrogens is 432 g/mol. The van der Waals surface area contributed by atoms with Crippen LogP contribution in [-0.2, 0) is 14.8 Å². The summed E-state index contributed by atoms with van der Waals surface area (Å²) < 4.78 is 38.8. The number of ether oxygens (including phenoxy) is 1. The first-order valence-corrected chi connectivity index (χ1v) is 12.5. The van der Waals surface area contributed by atoms with Crippen LogP contribution in [0.25, 0.3) is 0 Å². The molecule has 2 aliphatic rings. The Bertz CT molecular complexity index is 1070. The van der Waals surface area contributed by atoms with Crippen LogP contribution in [-0.4, -0.2) is 54.1 Å². The van der Waals surface area contributed by atoms with Crippen LogP contribution >= 0.6 is 0 Å². The fourth-order valence-electron chi connectivity index (χ4n) is 3.89. The molecule has 1 aliphatic carbocycles. The molecular formula is C22H30N4O5S. The van der Waals surface area contributed by atoms with Crippen molar-refractivity contribution < 1.29 is 22.5 Å². The van der Waals surface area contributed by atoms with E-state index in [0.717, 1.165) is 12.8 Å². The second kappa shape index (κ2) is 8.92. The van der Waals surface area contributed by atoms with E-state index in [1.54, 1.807) is 12.1 Å². The van der Waals surface area contributed by atoms with Crippen molar-refractivity contribution in [2.24, 2.45) is 5.92 Å². The summed E-state index contributed by atoms with van der Waals surface area (Å²) in [6, 6.07) is 5.63. The van der Waals surface area contributed by atoms with E-state index in [0.29, 0.717) is 17.6 Å². The summed E-state index contributed by atoms with van der Waals surface area (Å²) in [6.07, 6.45) is 1.72. The molecule has 2 aromatic rings. The minimum atomic E-state index is -3.75. The highest BCUT2D eigenvalue weighted by molar-refractivity contribution is 7.89. The summed E-state index contributed by atoms with van der Waals surface area (Å²) in [5.41, 5.74) is 0.257. The molecule has 1 aliphatic heterocycles. The minimum absolute atomic E-state index is 0.00898. The zero-order chi connectivity index (χ0) is 23.0. The highest BCUT2D eigenvalue weighted by atomic mass is 32.2. The van der Waals surface area contributed by atoms with Gasteiger partial charge >= 0.3 is 0 Å². The number of hydrogen-bond acceptors (Lipinski definition) is 7. The summed E-state index contributed by atoms with van der Waals surface area (Å²) in [7, 11) is -3.75. The maximum atomic E-state index is 13.2. The Kier molecular flexibility index (Phi) is 6.37. The minimum Gasteiger partial charge on any atom is -0.373 e. The molecule has 10 heteroatoms. The van der Waals surface area contributed by atoms with Gasteiger partial charge in [-0.3, -0.25) is 4.79 Å². The van der Waals surface area contributed by atoms with Gasteiger partial charge in [-0.15, -0.1) is 0 Å². The van der Waals surface area contributed by atoms with Gasteiger partial charge < -0.3 is 14.6 Å². The molecule has 3 atom stereocenters. The zero-order valence-corrected chi connectivity index (χ0v) is 19.6. The third kappa shape index (κ3) is 4.87. The topological polar surface area (TPSA) is 115 Å². The van der Waals surface area contributed by atoms with Crippen LogP contribution in [0.4, 0.5) is 0 Å². The third-order valence-electron chi connectivity index (χ3n) is 5.74.